The van der Waals surface area contributed by atoms with Crippen LogP contribution in [0.2, 0.25) is 0 Å². The molecule has 0 spiro atoms. The van der Waals surface area contributed by atoms with Gasteiger partial charge in [-0.1, -0.05) is 6.07 Å². The molecule has 0 aliphatic rings. The van der Waals surface area contributed by atoms with Crippen LogP contribution in [0, 0.1) is 11.6 Å². The van der Waals surface area contributed by atoms with Gasteiger partial charge in [-0.2, -0.15) is 18.2 Å². The molecule has 170 valence electrons. The van der Waals surface area contributed by atoms with Crippen LogP contribution in [0.3, 0.4) is 0 Å². The van der Waals surface area contributed by atoms with Gasteiger partial charge in [-0.15, -0.1) is 0 Å². The molecular weight excluding hydrogens is 449 g/mol. The largest absolute Gasteiger partial charge is 0.438 e. The molecule has 1 atom stereocenters. The molecule has 0 aliphatic heterocycles. The van der Waals surface area contributed by atoms with E-state index in [0.29, 0.717) is 6.07 Å². The van der Waals surface area contributed by atoms with Gasteiger partial charge in [0.05, 0.1) is 29.9 Å². The van der Waals surface area contributed by atoms with Crippen LogP contribution in [0.4, 0.5) is 22.0 Å². The summed E-state index contributed by atoms with van der Waals surface area (Å²) in [6.07, 6.45) is -2.49. The van der Waals surface area contributed by atoms with Crippen molar-refractivity contribution in [2.24, 2.45) is 0 Å². The molecule has 11 heteroatoms. The highest BCUT2D eigenvalue weighted by Crippen LogP contribution is 2.37. The SMILES string of the molecule is O=c1ncn([C@H](CO)c2ccc(F)cc2F)c2ccc(Oc3ncccc3C(F)(F)F)cc12. The molecule has 0 saturated carbocycles. The maximum absolute atomic E-state index is 14.3. The molecule has 0 unspecified atom stereocenters. The Kier molecular flexibility index (Phi) is 5.81. The Balaban J connectivity index is 1.79. The Morgan fingerprint density at radius 1 is 1.06 bits per heavy atom. The molecule has 0 saturated heterocycles. The van der Waals surface area contributed by atoms with Gasteiger partial charge < -0.3 is 14.4 Å². The lowest BCUT2D eigenvalue weighted by Gasteiger charge is -2.21. The quantitative estimate of drug-likeness (QED) is 0.442. The summed E-state index contributed by atoms with van der Waals surface area (Å²) < 4.78 is 73.8. The van der Waals surface area contributed by atoms with E-state index in [1.807, 2.05) is 0 Å². The van der Waals surface area contributed by atoms with Crippen LogP contribution in [0.15, 0.2) is 65.8 Å². The van der Waals surface area contributed by atoms with Crippen molar-refractivity contribution in [3.05, 3.63) is 94.2 Å². The van der Waals surface area contributed by atoms with Crippen LogP contribution < -0.4 is 10.3 Å². The van der Waals surface area contributed by atoms with Crippen molar-refractivity contribution < 1.29 is 31.8 Å². The number of halogens is 5. The van der Waals surface area contributed by atoms with E-state index in [1.165, 1.54) is 22.8 Å². The van der Waals surface area contributed by atoms with Crippen LogP contribution in [0.1, 0.15) is 17.2 Å². The molecule has 33 heavy (non-hydrogen) atoms. The number of alkyl halides is 3. The second-order valence-electron chi connectivity index (χ2n) is 6.96. The average molecular weight is 463 g/mol. The lowest BCUT2D eigenvalue weighted by molar-refractivity contribution is -0.138. The van der Waals surface area contributed by atoms with Crippen molar-refractivity contribution in [2.45, 2.75) is 12.2 Å². The normalized spacial score (nSPS) is 12.7. The molecule has 0 aliphatic carbocycles. The second-order valence-corrected chi connectivity index (χ2v) is 6.96. The van der Waals surface area contributed by atoms with Crippen molar-refractivity contribution >= 4 is 10.9 Å². The van der Waals surface area contributed by atoms with Gasteiger partial charge in [0.1, 0.15) is 22.9 Å². The molecule has 2 heterocycles. The topological polar surface area (TPSA) is 77.2 Å². The maximum atomic E-state index is 14.3. The minimum Gasteiger partial charge on any atom is -0.438 e. The van der Waals surface area contributed by atoms with Crippen molar-refractivity contribution in [3.63, 3.8) is 0 Å². The van der Waals surface area contributed by atoms with E-state index in [-0.39, 0.29) is 22.2 Å². The van der Waals surface area contributed by atoms with Gasteiger partial charge in [-0.3, -0.25) is 4.79 Å². The Morgan fingerprint density at radius 3 is 2.55 bits per heavy atom. The number of aliphatic hydroxyl groups excluding tert-OH is 1. The smallest absolute Gasteiger partial charge is 0.421 e. The van der Waals surface area contributed by atoms with Crippen molar-refractivity contribution in [2.75, 3.05) is 6.61 Å². The van der Waals surface area contributed by atoms with Crippen LogP contribution >= 0.6 is 0 Å². The summed E-state index contributed by atoms with van der Waals surface area (Å²) >= 11 is 0. The zero-order valence-corrected chi connectivity index (χ0v) is 16.6. The summed E-state index contributed by atoms with van der Waals surface area (Å²) in [6.45, 7) is -0.608. The number of aromatic nitrogens is 3. The van der Waals surface area contributed by atoms with Crippen LogP contribution in [0.5, 0.6) is 11.6 Å². The Labute approximate surface area is 182 Å². The van der Waals surface area contributed by atoms with Gasteiger partial charge in [0, 0.05) is 17.8 Å². The number of hydrogen-bond acceptors (Lipinski definition) is 5. The monoisotopic (exact) mass is 463 g/mol. The van der Waals surface area contributed by atoms with E-state index in [1.54, 1.807) is 0 Å². The number of nitrogens with zero attached hydrogens (tertiary/aromatic N) is 3. The predicted molar refractivity (Wildman–Crippen MR) is 107 cm³/mol. The first-order valence-electron chi connectivity index (χ1n) is 9.46. The molecular formula is C22H14F5N3O3. The fourth-order valence-electron chi connectivity index (χ4n) is 3.38. The van der Waals surface area contributed by atoms with Gasteiger partial charge in [-0.25, -0.2) is 13.8 Å². The molecule has 2 aromatic carbocycles. The molecule has 0 radical (unpaired) electrons. The summed E-state index contributed by atoms with van der Waals surface area (Å²) in [5.74, 6) is -2.52. The van der Waals surface area contributed by atoms with E-state index < -0.39 is 47.5 Å². The standard InChI is InChI=1S/C22H14F5N3O3/c23-12-3-5-14(17(24)8-12)19(10-31)30-11-29-20(32)15-9-13(4-6-18(15)30)33-21-16(22(25,26)27)2-1-7-28-21/h1-9,11,19,31H,10H2/t19-/m1/s1. The molecule has 0 fully saturated rings. The number of rotatable bonds is 5. The first kappa shape index (κ1) is 22.3. The number of pyridine rings is 1. The van der Waals surface area contributed by atoms with Crippen LogP contribution in [0.25, 0.3) is 10.9 Å². The van der Waals surface area contributed by atoms with Gasteiger partial charge in [0.2, 0.25) is 5.88 Å². The Morgan fingerprint density at radius 2 is 1.85 bits per heavy atom. The maximum Gasteiger partial charge on any atom is 0.421 e. The van der Waals surface area contributed by atoms with Crippen LogP contribution in [-0.2, 0) is 6.18 Å². The fourth-order valence-corrected chi connectivity index (χ4v) is 3.38. The third-order valence-electron chi connectivity index (χ3n) is 4.90. The summed E-state index contributed by atoms with van der Waals surface area (Å²) in [5.41, 5.74) is -1.67. The summed E-state index contributed by atoms with van der Waals surface area (Å²) in [6, 6.07) is 7.53. The van der Waals surface area contributed by atoms with Gasteiger partial charge in [0.25, 0.3) is 5.56 Å². The third-order valence-corrected chi connectivity index (χ3v) is 4.90. The van der Waals surface area contributed by atoms with E-state index in [2.05, 4.69) is 9.97 Å². The second kappa shape index (κ2) is 8.58. The Hall–Kier alpha value is -3.86. The van der Waals surface area contributed by atoms with Crippen molar-refractivity contribution in [1.29, 1.82) is 0 Å². The average Bonchev–Trinajstić information content (AvgIpc) is 2.77. The van der Waals surface area contributed by atoms with E-state index in [9.17, 15) is 31.9 Å². The van der Waals surface area contributed by atoms with E-state index in [0.717, 1.165) is 36.8 Å². The minimum atomic E-state index is -4.71. The molecule has 0 bridgehead atoms. The van der Waals surface area contributed by atoms with E-state index >= 15 is 0 Å². The van der Waals surface area contributed by atoms with E-state index in [4.69, 9.17) is 4.74 Å². The highest BCUT2D eigenvalue weighted by molar-refractivity contribution is 5.80. The number of benzene rings is 2. The van der Waals surface area contributed by atoms with Crippen molar-refractivity contribution in [3.8, 4) is 11.6 Å². The molecule has 0 amide bonds. The van der Waals surface area contributed by atoms with Crippen molar-refractivity contribution in [1.82, 2.24) is 14.5 Å². The molecule has 4 aromatic rings. The van der Waals surface area contributed by atoms with Gasteiger partial charge >= 0.3 is 6.18 Å². The zero-order chi connectivity index (χ0) is 23.8. The molecule has 1 N–H and O–H groups in total. The molecule has 2 aromatic heterocycles. The number of hydrogen-bond donors (Lipinski definition) is 1. The first-order chi connectivity index (χ1) is 15.7. The predicted octanol–water partition coefficient (Wildman–Crippen LogP) is 4.46. The minimum absolute atomic E-state index is 0.0470. The Bertz CT molecular complexity index is 1390. The molecule has 6 nitrogen and oxygen atoms in total. The first-order valence-corrected chi connectivity index (χ1v) is 9.46. The fraction of sp³-hybridized carbons (Fsp3) is 0.136. The number of ether oxygens (including phenoxy) is 1. The highest BCUT2D eigenvalue weighted by atomic mass is 19.4. The highest BCUT2D eigenvalue weighted by Gasteiger charge is 2.35. The lowest BCUT2D eigenvalue weighted by Crippen LogP contribution is -2.21. The number of fused-ring (bicyclic) bond motifs is 1. The zero-order valence-electron chi connectivity index (χ0n) is 16.6. The summed E-state index contributed by atoms with van der Waals surface area (Å²) in [7, 11) is 0. The van der Waals surface area contributed by atoms with Gasteiger partial charge in [0.15, 0.2) is 0 Å². The lowest BCUT2D eigenvalue weighted by atomic mass is 10.1. The van der Waals surface area contributed by atoms with Crippen LogP contribution in [-0.4, -0.2) is 26.2 Å². The third kappa shape index (κ3) is 4.40. The summed E-state index contributed by atoms with van der Waals surface area (Å²) in [5, 5.41) is 9.83. The number of aliphatic hydroxyl groups is 1. The molecule has 4 rings (SSSR count). The van der Waals surface area contributed by atoms with Gasteiger partial charge in [-0.05, 0) is 36.4 Å². The summed E-state index contributed by atoms with van der Waals surface area (Å²) in [4.78, 5) is 19.7.